The highest BCUT2D eigenvalue weighted by atomic mass is 32.1. The zero-order chi connectivity index (χ0) is 20.6. The Morgan fingerprint density at radius 2 is 1.96 bits per heavy atom. The number of hydrogen-bond acceptors (Lipinski definition) is 7. The number of nitrogens with one attached hydrogen (secondary N) is 2. The van der Waals surface area contributed by atoms with Crippen LogP contribution < -0.4 is 16.2 Å². The standard InChI is InChI=1S/C18H22N4O5S/c1-8(2)19-18(26)21-14(23)10(4)27-17(25)13-9(3)12-15(28-13)20-11-6-5-7-22(11)16(12)24/h8,10H,5-7H2,1-4H3,(H2,19,21,23,26)/t10-/m0/s1. The maximum Gasteiger partial charge on any atom is 0.349 e. The minimum Gasteiger partial charge on any atom is -0.448 e. The summed E-state index contributed by atoms with van der Waals surface area (Å²) in [5.74, 6) is -0.734. The van der Waals surface area contributed by atoms with Crippen molar-refractivity contribution in [3.63, 3.8) is 0 Å². The maximum absolute atomic E-state index is 12.7. The molecule has 2 N–H and O–H groups in total. The number of carbonyl (C=O) groups is 3. The van der Waals surface area contributed by atoms with Gasteiger partial charge in [0.05, 0.1) is 5.39 Å². The molecule has 0 saturated carbocycles. The minimum atomic E-state index is -1.17. The van der Waals surface area contributed by atoms with E-state index in [1.165, 1.54) is 6.92 Å². The Morgan fingerprint density at radius 1 is 1.25 bits per heavy atom. The third kappa shape index (κ3) is 3.77. The van der Waals surface area contributed by atoms with Gasteiger partial charge in [0, 0.05) is 19.0 Å². The Hall–Kier alpha value is -2.75. The van der Waals surface area contributed by atoms with Crippen LogP contribution in [0.15, 0.2) is 4.79 Å². The van der Waals surface area contributed by atoms with Crippen LogP contribution in [0.5, 0.6) is 0 Å². The number of imide groups is 1. The van der Waals surface area contributed by atoms with Crippen LogP contribution in [0, 0.1) is 6.92 Å². The Kier molecular flexibility index (Phi) is 5.50. The fourth-order valence-corrected chi connectivity index (χ4v) is 4.12. The largest absolute Gasteiger partial charge is 0.448 e. The summed E-state index contributed by atoms with van der Waals surface area (Å²) >= 11 is 1.08. The van der Waals surface area contributed by atoms with Crippen molar-refractivity contribution in [3.05, 3.63) is 26.6 Å². The molecule has 0 bridgehead atoms. The van der Waals surface area contributed by atoms with Gasteiger partial charge in [-0.3, -0.25) is 19.5 Å². The van der Waals surface area contributed by atoms with Crippen molar-refractivity contribution in [2.75, 3.05) is 0 Å². The molecule has 0 fully saturated rings. The molecule has 2 aromatic rings. The van der Waals surface area contributed by atoms with Crippen molar-refractivity contribution in [1.29, 1.82) is 0 Å². The lowest BCUT2D eigenvalue weighted by Crippen LogP contribution is -2.46. The molecule has 0 radical (unpaired) electrons. The van der Waals surface area contributed by atoms with Crippen molar-refractivity contribution in [2.24, 2.45) is 0 Å². The first-order chi connectivity index (χ1) is 13.2. The van der Waals surface area contributed by atoms with Gasteiger partial charge in [0.2, 0.25) is 0 Å². The van der Waals surface area contributed by atoms with Gasteiger partial charge in [-0.2, -0.15) is 0 Å². The zero-order valence-electron chi connectivity index (χ0n) is 16.1. The maximum atomic E-state index is 12.7. The summed E-state index contributed by atoms with van der Waals surface area (Å²) in [6.07, 6.45) is 0.441. The van der Waals surface area contributed by atoms with Crippen LogP contribution in [0.25, 0.3) is 10.2 Å². The molecule has 28 heavy (non-hydrogen) atoms. The molecule has 0 spiro atoms. The van der Waals surface area contributed by atoms with Gasteiger partial charge in [-0.1, -0.05) is 0 Å². The third-order valence-electron chi connectivity index (χ3n) is 4.41. The number of carbonyl (C=O) groups excluding carboxylic acids is 3. The van der Waals surface area contributed by atoms with Crippen molar-refractivity contribution in [3.8, 4) is 0 Å². The lowest BCUT2D eigenvalue weighted by Gasteiger charge is -2.14. The molecule has 150 valence electrons. The number of aryl methyl sites for hydroxylation is 2. The number of ether oxygens (including phenoxy) is 1. The summed E-state index contributed by atoms with van der Waals surface area (Å²) in [7, 11) is 0. The average Bonchev–Trinajstić information content (AvgIpc) is 3.19. The molecule has 0 aliphatic carbocycles. The predicted molar refractivity (Wildman–Crippen MR) is 104 cm³/mol. The van der Waals surface area contributed by atoms with Gasteiger partial charge in [0.1, 0.15) is 15.5 Å². The molecule has 1 aliphatic rings. The lowest BCUT2D eigenvalue weighted by atomic mass is 10.2. The van der Waals surface area contributed by atoms with Crippen LogP contribution >= 0.6 is 11.3 Å². The fourth-order valence-electron chi connectivity index (χ4n) is 3.05. The summed E-state index contributed by atoms with van der Waals surface area (Å²) in [6.45, 7) is 7.18. The monoisotopic (exact) mass is 406 g/mol. The summed E-state index contributed by atoms with van der Waals surface area (Å²) in [5.41, 5.74) is 0.344. The number of amides is 3. The first-order valence-electron chi connectivity index (χ1n) is 9.04. The Labute approximate surface area is 165 Å². The summed E-state index contributed by atoms with van der Waals surface area (Å²) < 4.78 is 6.84. The SMILES string of the molecule is Cc1c(C(=O)O[C@@H](C)C(=O)NC(=O)NC(C)C)sc2nc3n(c(=O)c12)CCC3. The van der Waals surface area contributed by atoms with Crippen molar-refractivity contribution >= 4 is 39.5 Å². The number of rotatable bonds is 4. The molecule has 1 atom stereocenters. The van der Waals surface area contributed by atoms with E-state index in [-0.39, 0.29) is 16.5 Å². The molecule has 1 aliphatic heterocycles. The van der Waals surface area contributed by atoms with E-state index in [2.05, 4.69) is 15.6 Å². The Balaban J connectivity index is 1.78. The number of nitrogens with zero attached hydrogens (tertiary/aromatic N) is 2. The number of fused-ring (bicyclic) bond motifs is 2. The molecule has 0 aromatic carbocycles. The van der Waals surface area contributed by atoms with Crippen LogP contribution in [0.4, 0.5) is 4.79 Å². The molecule has 0 saturated heterocycles. The van der Waals surface area contributed by atoms with E-state index in [4.69, 9.17) is 4.74 Å². The second-order valence-corrected chi connectivity index (χ2v) is 7.99. The molecule has 10 heteroatoms. The molecule has 2 aromatic heterocycles. The Morgan fingerprint density at radius 3 is 2.64 bits per heavy atom. The number of aromatic nitrogens is 2. The van der Waals surface area contributed by atoms with Gasteiger partial charge in [-0.25, -0.2) is 14.6 Å². The molecule has 9 nitrogen and oxygen atoms in total. The molecule has 0 unspecified atom stereocenters. The first-order valence-corrected chi connectivity index (χ1v) is 9.85. The highest BCUT2D eigenvalue weighted by Gasteiger charge is 2.27. The van der Waals surface area contributed by atoms with E-state index >= 15 is 0 Å². The minimum absolute atomic E-state index is 0.139. The quantitative estimate of drug-likeness (QED) is 0.743. The fraction of sp³-hybridized carbons (Fsp3) is 0.500. The van der Waals surface area contributed by atoms with Gasteiger partial charge in [0.15, 0.2) is 6.10 Å². The summed E-state index contributed by atoms with van der Waals surface area (Å²) in [4.78, 5) is 54.1. The van der Waals surface area contributed by atoms with E-state index < -0.39 is 24.0 Å². The smallest absolute Gasteiger partial charge is 0.349 e. The highest BCUT2D eigenvalue weighted by molar-refractivity contribution is 7.20. The van der Waals surface area contributed by atoms with Gasteiger partial charge >= 0.3 is 12.0 Å². The second-order valence-electron chi connectivity index (χ2n) is 6.99. The van der Waals surface area contributed by atoms with Crippen LogP contribution in [-0.2, 0) is 22.5 Å². The van der Waals surface area contributed by atoms with Crippen LogP contribution in [-0.4, -0.2) is 39.6 Å². The summed E-state index contributed by atoms with van der Waals surface area (Å²) in [5, 5.41) is 5.05. The van der Waals surface area contributed by atoms with Crippen molar-refractivity contribution < 1.29 is 19.1 Å². The van der Waals surface area contributed by atoms with E-state index in [9.17, 15) is 19.2 Å². The zero-order valence-corrected chi connectivity index (χ0v) is 16.9. The van der Waals surface area contributed by atoms with Gasteiger partial charge < -0.3 is 10.1 Å². The third-order valence-corrected chi connectivity index (χ3v) is 5.57. The lowest BCUT2D eigenvalue weighted by molar-refractivity contribution is -0.127. The van der Waals surface area contributed by atoms with Crippen molar-refractivity contribution in [1.82, 2.24) is 20.2 Å². The number of esters is 1. The van der Waals surface area contributed by atoms with E-state index in [0.717, 1.165) is 30.0 Å². The van der Waals surface area contributed by atoms with Crippen molar-refractivity contribution in [2.45, 2.75) is 59.2 Å². The second kappa shape index (κ2) is 7.70. The van der Waals surface area contributed by atoms with Crippen LogP contribution in [0.2, 0.25) is 0 Å². The molecular formula is C18H22N4O5S. The van der Waals surface area contributed by atoms with E-state index in [0.29, 0.717) is 22.3 Å². The average molecular weight is 406 g/mol. The number of thiophene rings is 1. The molecule has 3 amide bonds. The van der Waals surface area contributed by atoms with E-state index in [1.54, 1.807) is 25.3 Å². The molecular weight excluding hydrogens is 384 g/mol. The highest BCUT2D eigenvalue weighted by Crippen LogP contribution is 2.29. The predicted octanol–water partition coefficient (Wildman–Crippen LogP) is 1.49. The normalized spacial score (nSPS) is 14.0. The topological polar surface area (TPSA) is 119 Å². The van der Waals surface area contributed by atoms with Gasteiger partial charge in [-0.05, 0) is 39.7 Å². The van der Waals surface area contributed by atoms with E-state index in [1.807, 2.05) is 0 Å². The number of hydrogen-bond donors (Lipinski definition) is 2. The van der Waals surface area contributed by atoms with Gasteiger partial charge in [-0.15, -0.1) is 11.3 Å². The Bertz CT molecular complexity index is 1020. The number of urea groups is 1. The van der Waals surface area contributed by atoms with Gasteiger partial charge in [0.25, 0.3) is 11.5 Å². The summed E-state index contributed by atoms with van der Waals surface area (Å²) in [6, 6.07) is -0.798. The molecule has 3 heterocycles. The van der Waals surface area contributed by atoms with Crippen LogP contribution in [0.3, 0.4) is 0 Å². The molecule has 3 rings (SSSR count). The van der Waals surface area contributed by atoms with Crippen LogP contribution in [0.1, 0.15) is 48.3 Å². The first kappa shape index (κ1) is 20.0.